The molecular formula is C14H23NO2. The first-order chi connectivity index (χ1) is 8.12. The SMILES string of the molecule is C=CC(=O)O.CCC=C(C#N)CCCCCC. The molecule has 0 aliphatic carbocycles. The summed E-state index contributed by atoms with van der Waals surface area (Å²) in [5, 5.41) is 16.3. The zero-order valence-electron chi connectivity index (χ0n) is 10.9. The summed E-state index contributed by atoms with van der Waals surface area (Å²) >= 11 is 0. The van der Waals surface area contributed by atoms with Gasteiger partial charge in [0.25, 0.3) is 0 Å². The van der Waals surface area contributed by atoms with Crippen molar-refractivity contribution in [2.75, 3.05) is 0 Å². The van der Waals surface area contributed by atoms with Gasteiger partial charge >= 0.3 is 5.97 Å². The van der Waals surface area contributed by atoms with E-state index in [1.807, 2.05) is 6.08 Å². The van der Waals surface area contributed by atoms with Crippen molar-refractivity contribution in [2.24, 2.45) is 0 Å². The third-order valence-electron chi connectivity index (χ3n) is 2.07. The van der Waals surface area contributed by atoms with Gasteiger partial charge in [-0.25, -0.2) is 4.79 Å². The first kappa shape index (κ1) is 17.8. The van der Waals surface area contributed by atoms with E-state index in [1.165, 1.54) is 25.7 Å². The molecule has 96 valence electrons. The van der Waals surface area contributed by atoms with Crippen molar-refractivity contribution in [3.05, 3.63) is 24.3 Å². The van der Waals surface area contributed by atoms with Gasteiger partial charge in [-0.05, 0) is 19.3 Å². The monoisotopic (exact) mass is 237 g/mol. The van der Waals surface area contributed by atoms with Crippen molar-refractivity contribution >= 4 is 5.97 Å². The van der Waals surface area contributed by atoms with Crippen LogP contribution in [0.3, 0.4) is 0 Å². The Bertz CT molecular complexity index is 274. The number of carboxylic acids is 1. The molecule has 0 atom stereocenters. The molecule has 0 bridgehead atoms. The molecule has 0 aromatic rings. The first-order valence-electron chi connectivity index (χ1n) is 6.06. The number of nitrogens with zero attached hydrogens (tertiary/aromatic N) is 1. The number of rotatable bonds is 7. The maximum atomic E-state index is 9.25. The molecule has 0 aliphatic heterocycles. The van der Waals surface area contributed by atoms with Crippen molar-refractivity contribution in [1.29, 1.82) is 5.26 Å². The van der Waals surface area contributed by atoms with Gasteiger partial charge in [-0.15, -0.1) is 0 Å². The first-order valence-corrected chi connectivity index (χ1v) is 6.06. The van der Waals surface area contributed by atoms with Gasteiger partial charge in [-0.2, -0.15) is 5.26 Å². The number of hydrogen-bond acceptors (Lipinski definition) is 2. The fourth-order valence-electron chi connectivity index (χ4n) is 1.19. The fourth-order valence-corrected chi connectivity index (χ4v) is 1.19. The van der Waals surface area contributed by atoms with E-state index >= 15 is 0 Å². The van der Waals surface area contributed by atoms with Gasteiger partial charge < -0.3 is 5.11 Å². The van der Waals surface area contributed by atoms with Gasteiger partial charge in [0.2, 0.25) is 0 Å². The van der Waals surface area contributed by atoms with E-state index in [9.17, 15) is 4.79 Å². The molecule has 0 aromatic carbocycles. The molecule has 0 saturated carbocycles. The summed E-state index contributed by atoms with van der Waals surface area (Å²) in [5.41, 5.74) is 0.966. The van der Waals surface area contributed by atoms with Crippen LogP contribution >= 0.6 is 0 Å². The smallest absolute Gasteiger partial charge is 0.327 e. The Morgan fingerprint density at radius 1 is 1.35 bits per heavy atom. The van der Waals surface area contributed by atoms with E-state index in [1.54, 1.807) is 0 Å². The second kappa shape index (κ2) is 14.4. The fraction of sp³-hybridized carbons (Fsp3) is 0.571. The summed E-state index contributed by atoms with van der Waals surface area (Å²) in [6, 6.07) is 2.24. The predicted molar refractivity (Wildman–Crippen MR) is 70.6 cm³/mol. The molecule has 0 unspecified atom stereocenters. The van der Waals surface area contributed by atoms with E-state index in [2.05, 4.69) is 26.5 Å². The van der Waals surface area contributed by atoms with Gasteiger partial charge in [0.15, 0.2) is 0 Å². The number of aliphatic carboxylic acids is 1. The molecule has 3 nitrogen and oxygen atoms in total. The van der Waals surface area contributed by atoms with Crippen LogP contribution in [0.15, 0.2) is 24.3 Å². The minimum absolute atomic E-state index is 0.833. The molecule has 0 spiro atoms. The van der Waals surface area contributed by atoms with E-state index in [4.69, 9.17) is 10.4 Å². The van der Waals surface area contributed by atoms with Crippen LogP contribution in [-0.4, -0.2) is 11.1 Å². The second-order valence-corrected chi connectivity index (χ2v) is 3.60. The van der Waals surface area contributed by atoms with E-state index in [-0.39, 0.29) is 0 Å². The van der Waals surface area contributed by atoms with Crippen molar-refractivity contribution < 1.29 is 9.90 Å². The third-order valence-corrected chi connectivity index (χ3v) is 2.07. The standard InChI is InChI=1S/C11H19N.C3H4O2/c1-3-5-6-7-9-11(10-12)8-4-2;1-2-3(4)5/h8H,3-7,9H2,1-2H3;2H,1H2,(H,4,5). The van der Waals surface area contributed by atoms with E-state index in [0.29, 0.717) is 0 Å². The summed E-state index contributed by atoms with van der Waals surface area (Å²) in [4.78, 5) is 9.25. The number of allylic oxidation sites excluding steroid dienone is 2. The van der Waals surface area contributed by atoms with Crippen molar-refractivity contribution in [2.45, 2.75) is 52.4 Å². The van der Waals surface area contributed by atoms with Crippen LogP contribution in [0, 0.1) is 11.3 Å². The zero-order valence-corrected chi connectivity index (χ0v) is 10.9. The number of nitriles is 1. The minimum Gasteiger partial charge on any atom is -0.478 e. The summed E-state index contributed by atoms with van der Waals surface area (Å²) in [5.74, 6) is -0.981. The van der Waals surface area contributed by atoms with Crippen LogP contribution in [0.2, 0.25) is 0 Å². The van der Waals surface area contributed by atoms with Gasteiger partial charge in [-0.3, -0.25) is 0 Å². The molecule has 17 heavy (non-hydrogen) atoms. The Labute approximate surface area is 104 Å². The Kier molecular flexibility index (Phi) is 15.1. The Hall–Kier alpha value is -1.56. The number of carbonyl (C=O) groups is 1. The molecule has 0 aromatic heterocycles. The molecule has 0 aliphatic rings. The lowest BCUT2D eigenvalue weighted by molar-refractivity contribution is -0.131. The molecule has 0 fully saturated rings. The molecule has 1 N–H and O–H groups in total. The molecule has 0 saturated heterocycles. The van der Waals surface area contributed by atoms with Gasteiger partial charge in [-0.1, -0.05) is 45.8 Å². The normalized spacial score (nSPS) is 9.82. The highest BCUT2D eigenvalue weighted by Gasteiger charge is 1.93. The number of unbranched alkanes of at least 4 members (excludes halogenated alkanes) is 3. The van der Waals surface area contributed by atoms with Crippen LogP contribution < -0.4 is 0 Å². The highest BCUT2D eigenvalue weighted by molar-refractivity contribution is 5.78. The lowest BCUT2D eigenvalue weighted by Gasteiger charge is -1.97. The Morgan fingerprint density at radius 2 is 1.94 bits per heavy atom. The lowest BCUT2D eigenvalue weighted by Crippen LogP contribution is -1.82. The number of hydrogen-bond donors (Lipinski definition) is 1. The van der Waals surface area contributed by atoms with Crippen LogP contribution in [-0.2, 0) is 4.79 Å². The van der Waals surface area contributed by atoms with Crippen LogP contribution in [0.1, 0.15) is 52.4 Å². The second-order valence-electron chi connectivity index (χ2n) is 3.60. The molecule has 0 rings (SSSR count). The highest BCUT2D eigenvalue weighted by Crippen LogP contribution is 2.09. The van der Waals surface area contributed by atoms with E-state index in [0.717, 1.165) is 24.5 Å². The average molecular weight is 237 g/mol. The summed E-state index contributed by atoms with van der Waals surface area (Å²) < 4.78 is 0. The zero-order chi connectivity index (χ0) is 13.5. The third kappa shape index (κ3) is 17.1. The molecular weight excluding hydrogens is 214 g/mol. The summed E-state index contributed by atoms with van der Waals surface area (Å²) in [7, 11) is 0. The average Bonchev–Trinajstić information content (AvgIpc) is 2.33. The Morgan fingerprint density at radius 3 is 2.29 bits per heavy atom. The van der Waals surface area contributed by atoms with Crippen molar-refractivity contribution in [3.8, 4) is 6.07 Å². The molecule has 3 heteroatoms. The van der Waals surface area contributed by atoms with Crippen LogP contribution in [0.4, 0.5) is 0 Å². The maximum absolute atomic E-state index is 9.25. The number of carboxylic acid groups (broad SMARTS) is 1. The molecule has 0 radical (unpaired) electrons. The topological polar surface area (TPSA) is 61.1 Å². The van der Waals surface area contributed by atoms with Crippen molar-refractivity contribution in [3.63, 3.8) is 0 Å². The van der Waals surface area contributed by atoms with Crippen molar-refractivity contribution in [1.82, 2.24) is 0 Å². The minimum atomic E-state index is -0.981. The van der Waals surface area contributed by atoms with Gasteiger partial charge in [0.05, 0.1) is 6.07 Å². The maximum Gasteiger partial charge on any atom is 0.327 e. The Balaban J connectivity index is 0. The highest BCUT2D eigenvalue weighted by atomic mass is 16.4. The van der Waals surface area contributed by atoms with Gasteiger partial charge in [0.1, 0.15) is 0 Å². The van der Waals surface area contributed by atoms with Crippen LogP contribution in [0.25, 0.3) is 0 Å². The van der Waals surface area contributed by atoms with Gasteiger partial charge in [0, 0.05) is 11.6 Å². The lowest BCUT2D eigenvalue weighted by atomic mass is 10.1. The molecule has 0 amide bonds. The largest absolute Gasteiger partial charge is 0.478 e. The van der Waals surface area contributed by atoms with Crippen LogP contribution in [0.5, 0.6) is 0 Å². The predicted octanol–water partition coefficient (Wildman–Crippen LogP) is 4.07. The summed E-state index contributed by atoms with van der Waals surface area (Å²) in [6.45, 7) is 7.23. The summed E-state index contributed by atoms with van der Waals surface area (Å²) in [6.07, 6.45) is 9.82. The molecule has 0 heterocycles. The quantitative estimate of drug-likeness (QED) is 0.412. The van der Waals surface area contributed by atoms with E-state index < -0.39 is 5.97 Å².